The fourth-order valence-electron chi connectivity index (χ4n) is 3.20. The van der Waals surface area contributed by atoms with Crippen molar-refractivity contribution < 1.29 is 13.2 Å². The number of nitrogens with zero attached hydrogens (tertiary/aromatic N) is 4. The van der Waals surface area contributed by atoms with Crippen molar-refractivity contribution in [2.24, 2.45) is 0 Å². The zero-order valence-corrected chi connectivity index (χ0v) is 16.4. The average Bonchev–Trinajstić information content (AvgIpc) is 2.98. The summed E-state index contributed by atoms with van der Waals surface area (Å²) in [6, 6.07) is 5.68. The van der Waals surface area contributed by atoms with Gasteiger partial charge in [-0.15, -0.1) is 0 Å². The van der Waals surface area contributed by atoms with Crippen LogP contribution in [-0.4, -0.2) is 19.5 Å². The van der Waals surface area contributed by atoms with E-state index in [1.54, 1.807) is 11.5 Å². The van der Waals surface area contributed by atoms with Gasteiger partial charge in [0, 0.05) is 17.9 Å². The molecule has 0 unspecified atom stereocenters. The Balaban J connectivity index is 2.13. The molecule has 0 radical (unpaired) electrons. The molecule has 28 heavy (non-hydrogen) atoms. The van der Waals surface area contributed by atoms with Crippen molar-refractivity contribution in [2.45, 2.75) is 46.8 Å². The first kappa shape index (κ1) is 19.9. The number of benzene rings is 1. The molecular formula is C20H22F3N5. The second-order valence-electron chi connectivity index (χ2n) is 7.05. The fraction of sp³-hybridized carbons (Fsp3) is 0.350. The maximum absolute atomic E-state index is 13.6. The van der Waals surface area contributed by atoms with Gasteiger partial charge in [-0.25, -0.2) is 15.0 Å². The fourth-order valence-corrected chi connectivity index (χ4v) is 3.20. The van der Waals surface area contributed by atoms with Crippen molar-refractivity contribution in [2.75, 3.05) is 5.32 Å². The van der Waals surface area contributed by atoms with Crippen LogP contribution >= 0.6 is 0 Å². The van der Waals surface area contributed by atoms with E-state index in [4.69, 9.17) is 0 Å². The molecule has 0 aliphatic carbocycles. The third kappa shape index (κ3) is 3.85. The Labute approximate surface area is 161 Å². The van der Waals surface area contributed by atoms with Gasteiger partial charge in [0.25, 0.3) is 0 Å². The van der Waals surface area contributed by atoms with E-state index in [0.29, 0.717) is 11.5 Å². The quantitative estimate of drug-likeness (QED) is 0.630. The van der Waals surface area contributed by atoms with Crippen molar-refractivity contribution in [3.05, 3.63) is 53.1 Å². The predicted molar refractivity (Wildman–Crippen MR) is 103 cm³/mol. The number of aromatic nitrogens is 4. The minimum Gasteiger partial charge on any atom is -0.324 e. The van der Waals surface area contributed by atoms with E-state index < -0.39 is 11.7 Å². The number of aryl methyl sites for hydroxylation is 3. The maximum Gasteiger partial charge on any atom is 0.420 e. The molecule has 0 aliphatic heterocycles. The van der Waals surface area contributed by atoms with Gasteiger partial charge in [-0.1, -0.05) is 17.7 Å². The first-order chi connectivity index (χ1) is 13.1. The molecule has 2 heterocycles. The van der Waals surface area contributed by atoms with Gasteiger partial charge >= 0.3 is 6.18 Å². The van der Waals surface area contributed by atoms with Gasteiger partial charge in [-0.05, 0) is 46.2 Å². The summed E-state index contributed by atoms with van der Waals surface area (Å²) in [5.74, 6) is 0.727. The highest BCUT2D eigenvalue weighted by Crippen LogP contribution is 2.37. The highest BCUT2D eigenvalue weighted by atomic mass is 19.4. The molecule has 3 rings (SSSR count). The molecule has 5 nitrogen and oxygen atoms in total. The number of hydrogen-bond acceptors (Lipinski definition) is 4. The number of alkyl halides is 3. The molecule has 0 spiro atoms. The monoisotopic (exact) mass is 389 g/mol. The van der Waals surface area contributed by atoms with Gasteiger partial charge < -0.3 is 9.88 Å². The minimum absolute atomic E-state index is 0.0655. The lowest BCUT2D eigenvalue weighted by molar-refractivity contribution is -0.137. The Morgan fingerprint density at radius 2 is 1.75 bits per heavy atom. The number of hydrogen-bond donors (Lipinski definition) is 1. The number of anilines is 2. The van der Waals surface area contributed by atoms with Crippen LogP contribution in [0.15, 0.2) is 30.6 Å². The van der Waals surface area contributed by atoms with Gasteiger partial charge in [0.2, 0.25) is 5.95 Å². The van der Waals surface area contributed by atoms with Crippen LogP contribution in [0.25, 0.3) is 11.4 Å². The van der Waals surface area contributed by atoms with Crippen LogP contribution in [0.3, 0.4) is 0 Å². The van der Waals surface area contributed by atoms with Crippen molar-refractivity contribution >= 4 is 11.6 Å². The number of nitrogens with one attached hydrogen (secondary N) is 1. The van der Waals surface area contributed by atoms with E-state index in [1.807, 2.05) is 45.9 Å². The molecule has 1 N–H and O–H groups in total. The standard InChI is InChI=1S/C20H22F3N5/c1-11(2)28-14(5)24-10-17(28)18-15(20(21,22)23)9-25-19(27-18)26-16-7-6-12(3)8-13(16)4/h6-11H,1-5H3,(H,25,26,27). The van der Waals surface area contributed by atoms with E-state index in [1.165, 1.54) is 6.20 Å². The van der Waals surface area contributed by atoms with Crippen LogP contribution in [0.5, 0.6) is 0 Å². The van der Waals surface area contributed by atoms with E-state index in [2.05, 4.69) is 20.3 Å². The van der Waals surface area contributed by atoms with Crippen molar-refractivity contribution in [1.82, 2.24) is 19.5 Å². The molecular weight excluding hydrogens is 367 g/mol. The van der Waals surface area contributed by atoms with Gasteiger partial charge in [0.1, 0.15) is 17.1 Å². The molecule has 2 aromatic heterocycles. The van der Waals surface area contributed by atoms with E-state index in [-0.39, 0.29) is 17.7 Å². The zero-order valence-electron chi connectivity index (χ0n) is 16.4. The summed E-state index contributed by atoms with van der Waals surface area (Å²) in [5.41, 5.74) is 2.02. The van der Waals surface area contributed by atoms with Crippen LogP contribution in [0.4, 0.5) is 24.8 Å². The number of halogens is 3. The van der Waals surface area contributed by atoms with Crippen LogP contribution in [0.1, 0.15) is 42.4 Å². The third-order valence-electron chi connectivity index (χ3n) is 4.46. The summed E-state index contributed by atoms with van der Waals surface area (Å²) in [6.45, 7) is 9.42. The topological polar surface area (TPSA) is 55.6 Å². The Morgan fingerprint density at radius 1 is 1.04 bits per heavy atom. The van der Waals surface area contributed by atoms with Gasteiger partial charge in [-0.2, -0.15) is 13.2 Å². The summed E-state index contributed by atoms with van der Waals surface area (Å²) in [5, 5.41) is 3.02. The lowest BCUT2D eigenvalue weighted by Gasteiger charge is -2.18. The molecule has 3 aromatic rings. The van der Waals surface area contributed by atoms with Crippen LogP contribution in [-0.2, 0) is 6.18 Å². The first-order valence-corrected chi connectivity index (χ1v) is 8.90. The molecule has 148 valence electrons. The van der Waals surface area contributed by atoms with Crippen molar-refractivity contribution in [3.8, 4) is 11.4 Å². The van der Waals surface area contributed by atoms with Gasteiger partial charge in [-0.3, -0.25) is 0 Å². The highest BCUT2D eigenvalue weighted by molar-refractivity contribution is 5.65. The van der Waals surface area contributed by atoms with Crippen molar-refractivity contribution in [3.63, 3.8) is 0 Å². The van der Waals surface area contributed by atoms with Crippen LogP contribution in [0, 0.1) is 20.8 Å². The van der Waals surface area contributed by atoms with Crippen molar-refractivity contribution in [1.29, 1.82) is 0 Å². The SMILES string of the molecule is Cc1ccc(Nc2ncc(C(F)(F)F)c(-c3cnc(C)n3C(C)C)n2)c(C)c1. The first-order valence-electron chi connectivity index (χ1n) is 8.90. The molecule has 8 heteroatoms. The van der Waals surface area contributed by atoms with Gasteiger partial charge in [0.05, 0.1) is 11.9 Å². The third-order valence-corrected chi connectivity index (χ3v) is 4.46. The molecule has 0 saturated carbocycles. The second-order valence-corrected chi connectivity index (χ2v) is 7.05. The van der Waals surface area contributed by atoms with E-state index in [9.17, 15) is 13.2 Å². The molecule has 0 fully saturated rings. The smallest absolute Gasteiger partial charge is 0.324 e. The Kier molecular flexibility index (Phi) is 5.14. The second kappa shape index (κ2) is 7.26. The lowest BCUT2D eigenvalue weighted by Crippen LogP contribution is -2.14. The normalized spacial score (nSPS) is 11.9. The maximum atomic E-state index is 13.6. The summed E-state index contributed by atoms with van der Waals surface area (Å²) < 4.78 is 42.6. The predicted octanol–water partition coefficient (Wildman–Crippen LogP) is 5.61. The van der Waals surface area contributed by atoms with E-state index in [0.717, 1.165) is 23.0 Å². The molecule has 0 saturated heterocycles. The molecule has 0 amide bonds. The zero-order chi connectivity index (χ0) is 20.6. The summed E-state index contributed by atoms with van der Waals surface area (Å²) in [6.07, 6.45) is -2.33. The summed E-state index contributed by atoms with van der Waals surface area (Å²) >= 11 is 0. The Hall–Kier alpha value is -2.90. The number of imidazole rings is 1. The van der Waals surface area contributed by atoms with Gasteiger partial charge in [0.15, 0.2) is 0 Å². The average molecular weight is 389 g/mol. The van der Waals surface area contributed by atoms with Crippen LogP contribution < -0.4 is 5.32 Å². The summed E-state index contributed by atoms with van der Waals surface area (Å²) in [4.78, 5) is 12.3. The van der Waals surface area contributed by atoms with Crippen LogP contribution in [0.2, 0.25) is 0 Å². The minimum atomic E-state index is -4.58. The Bertz CT molecular complexity index is 1010. The molecule has 0 bridgehead atoms. The molecule has 0 atom stereocenters. The molecule has 0 aliphatic rings. The Morgan fingerprint density at radius 3 is 2.36 bits per heavy atom. The van der Waals surface area contributed by atoms with E-state index >= 15 is 0 Å². The molecule has 1 aromatic carbocycles. The largest absolute Gasteiger partial charge is 0.420 e. The lowest BCUT2D eigenvalue weighted by atomic mass is 10.1. The highest BCUT2D eigenvalue weighted by Gasteiger charge is 2.36. The number of rotatable bonds is 4. The summed E-state index contributed by atoms with van der Waals surface area (Å²) in [7, 11) is 0.